The third-order valence-electron chi connectivity index (χ3n) is 3.16. The first-order valence-electron chi connectivity index (χ1n) is 7.26. The van der Waals surface area contributed by atoms with Gasteiger partial charge in [0, 0.05) is 12.7 Å². The van der Waals surface area contributed by atoms with E-state index < -0.39 is 0 Å². The van der Waals surface area contributed by atoms with E-state index in [1.807, 2.05) is 18.3 Å². The van der Waals surface area contributed by atoms with Crippen LogP contribution in [0.1, 0.15) is 58.3 Å². The molecule has 102 valence electrons. The fourth-order valence-electron chi connectivity index (χ4n) is 2.04. The first kappa shape index (κ1) is 15.2. The predicted molar refractivity (Wildman–Crippen MR) is 82.7 cm³/mol. The van der Waals surface area contributed by atoms with Gasteiger partial charge in [-0.2, -0.15) is 0 Å². The lowest BCUT2D eigenvalue weighted by Gasteiger charge is -2.06. The minimum atomic E-state index is 0.803. The highest BCUT2D eigenvalue weighted by molar-refractivity contribution is 7.71. The number of anilines is 1. The topological polar surface area (TPSA) is 27.8 Å². The molecule has 0 radical (unpaired) electrons. The highest BCUT2D eigenvalue weighted by Gasteiger charge is 1.94. The van der Waals surface area contributed by atoms with Gasteiger partial charge in [-0.3, -0.25) is 0 Å². The molecule has 2 nitrogen and oxygen atoms in total. The summed E-state index contributed by atoms with van der Waals surface area (Å²) in [6.45, 7) is 3.29. The Bertz CT molecular complexity index is 360. The van der Waals surface area contributed by atoms with Crippen molar-refractivity contribution in [2.75, 3.05) is 11.9 Å². The molecule has 0 aliphatic carbocycles. The molecule has 0 amide bonds. The fraction of sp³-hybridized carbons (Fsp3) is 0.667. The van der Waals surface area contributed by atoms with Crippen molar-refractivity contribution >= 4 is 17.9 Å². The van der Waals surface area contributed by atoms with Crippen molar-refractivity contribution in [3.8, 4) is 0 Å². The highest BCUT2D eigenvalue weighted by Crippen LogP contribution is 2.10. The van der Waals surface area contributed by atoms with Gasteiger partial charge in [-0.15, -0.1) is 0 Å². The zero-order valence-electron chi connectivity index (χ0n) is 11.5. The lowest BCUT2D eigenvalue weighted by Crippen LogP contribution is -2.02. The summed E-state index contributed by atoms with van der Waals surface area (Å²) in [6.07, 6.45) is 12.7. The first-order valence-corrected chi connectivity index (χ1v) is 7.67. The zero-order valence-corrected chi connectivity index (χ0v) is 12.3. The molecule has 0 aromatic carbocycles. The monoisotopic (exact) mass is 266 g/mol. The normalized spacial score (nSPS) is 10.5. The third-order valence-corrected chi connectivity index (χ3v) is 3.50. The van der Waals surface area contributed by atoms with Gasteiger partial charge in [-0.1, -0.05) is 64.1 Å². The Morgan fingerprint density at radius 2 is 1.72 bits per heavy atom. The van der Waals surface area contributed by atoms with Crippen molar-refractivity contribution in [3.05, 3.63) is 23.0 Å². The average molecular weight is 266 g/mol. The largest absolute Gasteiger partial charge is 0.383 e. The van der Waals surface area contributed by atoms with Crippen LogP contribution in [0.3, 0.4) is 0 Å². The van der Waals surface area contributed by atoms with Crippen LogP contribution >= 0.6 is 12.2 Å². The second kappa shape index (κ2) is 10.1. The van der Waals surface area contributed by atoms with Crippen LogP contribution in [0.15, 0.2) is 18.3 Å². The van der Waals surface area contributed by atoms with E-state index in [-0.39, 0.29) is 0 Å². The fourth-order valence-corrected chi connectivity index (χ4v) is 2.25. The van der Waals surface area contributed by atoms with Crippen molar-refractivity contribution < 1.29 is 0 Å². The van der Waals surface area contributed by atoms with Crippen molar-refractivity contribution in [3.63, 3.8) is 0 Å². The number of nitrogens with one attached hydrogen (secondary N) is 2. The maximum Gasteiger partial charge on any atom is 0.126 e. The molecule has 1 aromatic heterocycles. The van der Waals surface area contributed by atoms with Crippen LogP contribution in [-0.2, 0) is 0 Å². The molecule has 2 N–H and O–H groups in total. The molecule has 0 saturated heterocycles. The van der Waals surface area contributed by atoms with Crippen LogP contribution in [-0.4, -0.2) is 11.5 Å². The lowest BCUT2D eigenvalue weighted by atomic mass is 10.1. The Labute approximate surface area is 116 Å². The number of rotatable bonds is 10. The van der Waals surface area contributed by atoms with E-state index in [0.717, 1.165) is 16.9 Å². The number of hydrogen-bond acceptors (Lipinski definition) is 2. The maximum absolute atomic E-state index is 5.19. The second-order valence-electron chi connectivity index (χ2n) is 4.81. The van der Waals surface area contributed by atoms with Crippen molar-refractivity contribution in [2.45, 2.75) is 58.3 Å². The molecule has 1 aromatic rings. The van der Waals surface area contributed by atoms with Crippen LogP contribution in [0, 0.1) is 4.64 Å². The summed E-state index contributed by atoms with van der Waals surface area (Å²) in [5.41, 5.74) is 1.05. The third kappa shape index (κ3) is 6.80. The predicted octanol–water partition coefficient (Wildman–Crippen LogP) is 5.30. The van der Waals surface area contributed by atoms with Gasteiger partial charge in [0.1, 0.15) is 4.64 Å². The Kier molecular flexibility index (Phi) is 8.57. The molecule has 0 fully saturated rings. The molecular formula is C15H26N2S. The average Bonchev–Trinajstić information content (AvgIpc) is 2.39. The standard InChI is InChI=1S/C15H26N2S/c1-2-3-4-5-6-7-8-9-12-16-14-11-10-13-17-15(14)18/h10-11,13,16H,2-9,12H2,1H3,(H,17,18). The minimum Gasteiger partial charge on any atom is -0.383 e. The van der Waals surface area contributed by atoms with Gasteiger partial charge in [-0.25, -0.2) is 0 Å². The molecule has 0 aliphatic rings. The summed E-state index contributed by atoms with van der Waals surface area (Å²) in [5, 5.41) is 3.39. The maximum atomic E-state index is 5.19. The molecule has 0 unspecified atom stereocenters. The van der Waals surface area contributed by atoms with E-state index in [9.17, 15) is 0 Å². The number of hydrogen-bond donors (Lipinski definition) is 2. The molecule has 0 saturated carbocycles. The first-order chi connectivity index (χ1) is 8.84. The molecule has 1 heterocycles. The summed E-state index contributed by atoms with van der Waals surface area (Å²) in [6, 6.07) is 4.01. The van der Waals surface area contributed by atoms with Crippen molar-refractivity contribution in [1.29, 1.82) is 0 Å². The number of aromatic nitrogens is 1. The van der Waals surface area contributed by atoms with Crippen LogP contribution in [0.5, 0.6) is 0 Å². The number of aromatic amines is 1. The van der Waals surface area contributed by atoms with Gasteiger partial charge in [0.05, 0.1) is 5.69 Å². The van der Waals surface area contributed by atoms with Gasteiger partial charge in [-0.05, 0) is 18.6 Å². The van der Waals surface area contributed by atoms with E-state index in [1.54, 1.807) is 0 Å². The number of H-pyrrole nitrogens is 1. The van der Waals surface area contributed by atoms with E-state index in [4.69, 9.17) is 12.2 Å². The lowest BCUT2D eigenvalue weighted by molar-refractivity contribution is 0.581. The molecule has 3 heteroatoms. The Hall–Kier alpha value is -0.830. The van der Waals surface area contributed by atoms with Crippen molar-refractivity contribution in [1.82, 2.24) is 4.98 Å². The Morgan fingerprint density at radius 3 is 2.39 bits per heavy atom. The molecular weight excluding hydrogens is 240 g/mol. The second-order valence-corrected chi connectivity index (χ2v) is 5.22. The van der Waals surface area contributed by atoms with Crippen LogP contribution in [0.2, 0.25) is 0 Å². The Morgan fingerprint density at radius 1 is 1.06 bits per heavy atom. The van der Waals surface area contributed by atoms with E-state index >= 15 is 0 Å². The zero-order chi connectivity index (χ0) is 13.1. The highest BCUT2D eigenvalue weighted by atomic mass is 32.1. The van der Waals surface area contributed by atoms with Crippen LogP contribution < -0.4 is 5.32 Å². The van der Waals surface area contributed by atoms with Crippen LogP contribution in [0.25, 0.3) is 0 Å². The summed E-state index contributed by atoms with van der Waals surface area (Å²) in [4.78, 5) is 3.03. The summed E-state index contributed by atoms with van der Waals surface area (Å²) in [7, 11) is 0. The van der Waals surface area contributed by atoms with E-state index in [1.165, 1.54) is 51.4 Å². The summed E-state index contributed by atoms with van der Waals surface area (Å²) < 4.78 is 0.803. The van der Waals surface area contributed by atoms with Gasteiger partial charge >= 0.3 is 0 Å². The van der Waals surface area contributed by atoms with E-state index in [2.05, 4.69) is 17.2 Å². The van der Waals surface area contributed by atoms with Gasteiger partial charge < -0.3 is 10.3 Å². The SMILES string of the molecule is CCCCCCCCCCNc1ccc[nH]c1=S. The molecule has 1 rings (SSSR count). The minimum absolute atomic E-state index is 0.803. The van der Waals surface area contributed by atoms with Gasteiger partial charge in [0.15, 0.2) is 0 Å². The van der Waals surface area contributed by atoms with E-state index in [0.29, 0.717) is 0 Å². The van der Waals surface area contributed by atoms with Gasteiger partial charge in [0.25, 0.3) is 0 Å². The molecule has 0 spiro atoms. The molecule has 0 bridgehead atoms. The van der Waals surface area contributed by atoms with Crippen molar-refractivity contribution in [2.24, 2.45) is 0 Å². The molecule has 18 heavy (non-hydrogen) atoms. The quantitative estimate of drug-likeness (QED) is 0.444. The number of pyridine rings is 1. The number of unbranched alkanes of at least 4 members (excludes halogenated alkanes) is 7. The summed E-state index contributed by atoms with van der Waals surface area (Å²) >= 11 is 5.19. The summed E-state index contributed by atoms with van der Waals surface area (Å²) in [5.74, 6) is 0. The molecule has 0 aliphatic heterocycles. The molecule has 0 atom stereocenters. The Balaban J connectivity index is 1.96. The smallest absolute Gasteiger partial charge is 0.126 e. The van der Waals surface area contributed by atoms with Crippen LogP contribution in [0.4, 0.5) is 5.69 Å². The van der Waals surface area contributed by atoms with Gasteiger partial charge in [0.2, 0.25) is 0 Å².